The molecule has 0 radical (unpaired) electrons. The van der Waals surface area contributed by atoms with E-state index in [1.165, 1.54) is 25.7 Å². The molecule has 2 rings (SSSR count). The van der Waals surface area contributed by atoms with Crippen LogP contribution in [0, 0.1) is 5.41 Å². The van der Waals surface area contributed by atoms with Gasteiger partial charge in [-0.3, -0.25) is 9.69 Å². The summed E-state index contributed by atoms with van der Waals surface area (Å²) in [6, 6.07) is 9.21. The van der Waals surface area contributed by atoms with Crippen LogP contribution in [0.3, 0.4) is 0 Å². The molecule has 1 heterocycles. The highest BCUT2D eigenvalue weighted by Crippen LogP contribution is 2.40. The van der Waals surface area contributed by atoms with Gasteiger partial charge >= 0.3 is 0 Å². The number of piperidine rings is 1. The zero-order chi connectivity index (χ0) is 17.4. The third-order valence-electron chi connectivity index (χ3n) is 5.77. The maximum absolute atomic E-state index is 14.5. The molecule has 1 aliphatic heterocycles. The molecule has 0 saturated carbocycles. The zero-order valence-corrected chi connectivity index (χ0v) is 15.3. The smallest absolute Gasteiger partial charge is 0.163 e. The fourth-order valence-electron chi connectivity index (χ4n) is 3.81. The molecule has 1 unspecified atom stereocenters. The van der Waals surface area contributed by atoms with Gasteiger partial charge in [0.1, 0.15) is 0 Å². The van der Waals surface area contributed by atoms with Crippen LogP contribution in [0.15, 0.2) is 30.3 Å². The third-order valence-corrected chi connectivity index (χ3v) is 5.77. The lowest BCUT2D eigenvalue weighted by Gasteiger charge is -2.42. The molecule has 2 nitrogen and oxygen atoms in total. The number of benzene rings is 1. The number of rotatable bonds is 9. The van der Waals surface area contributed by atoms with Crippen LogP contribution in [0.1, 0.15) is 75.6 Å². The van der Waals surface area contributed by atoms with Gasteiger partial charge in [0.05, 0.1) is 0 Å². The molecule has 3 heteroatoms. The highest BCUT2D eigenvalue weighted by Gasteiger charge is 2.34. The van der Waals surface area contributed by atoms with E-state index in [1.807, 2.05) is 23.1 Å². The first-order chi connectivity index (χ1) is 11.6. The first kappa shape index (κ1) is 19.1. The van der Waals surface area contributed by atoms with Gasteiger partial charge < -0.3 is 0 Å². The maximum Gasteiger partial charge on any atom is 0.163 e. The van der Waals surface area contributed by atoms with Gasteiger partial charge in [-0.15, -0.1) is 0 Å². The van der Waals surface area contributed by atoms with E-state index < -0.39 is 6.30 Å². The normalized spacial score (nSPS) is 19.1. The van der Waals surface area contributed by atoms with Gasteiger partial charge in [0.15, 0.2) is 12.1 Å². The summed E-state index contributed by atoms with van der Waals surface area (Å²) in [7, 11) is 0. The molecule has 0 aliphatic carbocycles. The molecular formula is C21H32FNO. The van der Waals surface area contributed by atoms with Crippen molar-refractivity contribution in [3.63, 3.8) is 0 Å². The molecule has 1 aromatic rings. The molecular weight excluding hydrogens is 301 g/mol. The summed E-state index contributed by atoms with van der Waals surface area (Å²) in [5.41, 5.74) is 1.11. The van der Waals surface area contributed by atoms with Gasteiger partial charge in [-0.2, -0.15) is 0 Å². The van der Waals surface area contributed by atoms with Crippen LogP contribution in [-0.2, 0) is 0 Å². The summed E-state index contributed by atoms with van der Waals surface area (Å²) >= 11 is 0. The topological polar surface area (TPSA) is 20.3 Å². The molecule has 1 atom stereocenters. The standard InChI is InChI=1S/C21H32FNO/c1-3-5-13-21(4-2)14-16-23(17-15-21)20(22)12-11-19(24)18-9-7-6-8-10-18/h6-10,20H,3-5,11-17H2,1-2H3. The Morgan fingerprint density at radius 3 is 2.46 bits per heavy atom. The summed E-state index contributed by atoms with van der Waals surface area (Å²) in [6.07, 6.45) is 6.78. The highest BCUT2D eigenvalue weighted by molar-refractivity contribution is 5.95. The van der Waals surface area contributed by atoms with Gasteiger partial charge in [-0.1, -0.05) is 63.4 Å². The van der Waals surface area contributed by atoms with Gasteiger partial charge in [0, 0.05) is 25.1 Å². The molecule has 24 heavy (non-hydrogen) atoms. The molecule has 1 aromatic carbocycles. The number of carbonyl (C=O) groups is 1. The predicted molar refractivity (Wildman–Crippen MR) is 98.0 cm³/mol. The fraction of sp³-hybridized carbons (Fsp3) is 0.667. The van der Waals surface area contributed by atoms with Crippen molar-refractivity contribution in [2.75, 3.05) is 13.1 Å². The first-order valence-corrected chi connectivity index (χ1v) is 9.56. The highest BCUT2D eigenvalue weighted by atomic mass is 19.1. The minimum absolute atomic E-state index is 0.0427. The maximum atomic E-state index is 14.5. The van der Waals surface area contributed by atoms with Crippen molar-refractivity contribution < 1.29 is 9.18 Å². The van der Waals surface area contributed by atoms with Gasteiger partial charge in [0.25, 0.3) is 0 Å². The Kier molecular flexibility index (Phi) is 7.41. The van der Waals surface area contributed by atoms with Crippen molar-refractivity contribution in [2.45, 2.75) is 71.5 Å². The Balaban J connectivity index is 1.78. The van der Waals surface area contributed by atoms with Gasteiger partial charge in [0.2, 0.25) is 0 Å². The number of hydrogen-bond donors (Lipinski definition) is 0. The largest absolute Gasteiger partial charge is 0.294 e. The van der Waals surface area contributed by atoms with E-state index >= 15 is 0 Å². The minimum Gasteiger partial charge on any atom is -0.294 e. The van der Waals surface area contributed by atoms with E-state index in [9.17, 15) is 9.18 Å². The minimum atomic E-state index is -0.987. The van der Waals surface area contributed by atoms with E-state index in [-0.39, 0.29) is 12.2 Å². The summed E-state index contributed by atoms with van der Waals surface area (Å²) in [6.45, 7) is 6.17. The van der Waals surface area contributed by atoms with Crippen LogP contribution in [0.2, 0.25) is 0 Å². The number of unbranched alkanes of at least 4 members (excludes halogenated alkanes) is 1. The summed E-state index contributed by atoms with van der Waals surface area (Å²) in [5.74, 6) is 0.0427. The Bertz CT molecular complexity index is 494. The van der Waals surface area contributed by atoms with E-state index in [1.54, 1.807) is 12.1 Å². The second kappa shape index (κ2) is 9.31. The third kappa shape index (κ3) is 5.14. The number of halogens is 1. The SMILES string of the molecule is CCCCC1(CC)CCN(C(F)CCC(=O)c2ccccc2)CC1. The molecule has 0 aromatic heterocycles. The van der Waals surface area contributed by atoms with Crippen LogP contribution in [0.25, 0.3) is 0 Å². The lowest BCUT2D eigenvalue weighted by molar-refractivity contribution is 0.00643. The predicted octanol–water partition coefficient (Wildman–Crippen LogP) is 5.63. The van der Waals surface area contributed by atoms with E-state index in [2.05, 4.69) is 13.8 Å². The van der Waals surface area contributed by atoms with Crippen molar-refractivity contribution in [2.24, 2.45) is 5.41 Å². The first-order valence-electron chi connectivity index (χ1n) is 9.56. The molecule has 0 spiro atoms. The van der Waals surface area contributed by atoms with Crippen molar-refractivity contribution >= 4 is 5.78 Å². The van der Waals surface area contributed by atoms with Crippen molar-refractivity contribution in [1.29, 1.82) is 0 Å². The molecule has 0 amide bonds. The lowest BCUT2D eigenvalue weighted by atomic mass is 9.72. The summed E-state index contributed by atoms with van der Waals surface area (Å²) in [5, 5.41) is 0. The Hall–Kier alpha value is -1.22. The van der Waals surface area contributed by atoms with E-state index in [0.717, 1.165) is 25.9 Å². The monoisotopic (exact) mass is 333 g/mol. The number of carbonyl (C=O) groups excluding carboxylic acids is 1. The second-order valence-electron chi connectivity index (χ2n) is 7.26. The summed E-state index contributed by atoms with van der Waals surface area (Å²) in [4.78, 5) is 14.1. The number of Topliss-reactive ketones (excluding diaryl/α,β-unsaturated/α-hetero) is 1. The number of nitrogens with zero attached hydrogens (tertiary/aromatic N) is 1. The quantitative estimate of drug-likeness (QED) is 0.431. The Morgan fingerprint density at radius 2 is 1.88 bits per heavy atom. The van der Waals surface area contributed by atoms with Crippen LogP contribution in [0.5, 0.6) is 0 Å². The number of hydrogen-bond acceptors (Lipinski definition) is 2. The van der Waals surface area contributed by atoms with Crippen molar-refractivity contribution in [1.82, 2.24) is 4.90 Å². The molecule has 134 valence electrons. The van der Waals surface area contributed by atoms with Crippen LogP contribution < -0.4 is 0 Å². The number of ketones is 1. The van der Waals surface area contributed by atoms with E-state index in [0.29, 0.717) is 17.4 Å². The number of alkyl halides is 1. The fourth-order valence-corrected chi connectivity index (χ4v) is 3.81. The van der Waals surface area contributed by atoms with Crippen LogP contribution >= 0.6 is 0 Å². The lowest BCUT2D eigenvalue weighted by Crippen LogP contribution is -2.43. The van der Waals surface area contributed by atoms with Crippen molar-refractivity contribution in [3.8, 4) is 0 Å². The molecule has 1 aliphatic rings. The molecule has 0 N–H and O–H groups in total. The molecule has 0 bridgehead atoms. The second-order valence-corrected chi connectivity index (χ2v) is 7.26. The van der Waals surface area contributed by atoms with Crippen LogP contribution in [-0.4, -0.2) is 30.1 Å². The number of likely N-dealkylation sites (tertiary alicyclic amines) is 1. The molecule has 1 saturated heterocycles. The van der Waals surface area contributed by atoms with Crippen molar-refractivity contribution in [3.05, 3.63) is 35.9 Å². The van der Waals surface area contributed by atoms with Crippen LogP contribution in [0.4, 0.5) is 4.39 Å². The average molecular weight is 333 g/mol. The van der Waals surface area contributed by atoms with Gasteiger partial charge in [-0.25, -0.2) is 4.39 Å². The zero-order valence-electron chi connectivity index (χ0n) is 15.3. The Morgan fingerprint density at radius 1 is 1.21 bits per heavy atom. The van der Waals surface area contributed by atoms with Gasteiger partial charge in [-0.05, 0) is 31.1 Å². The molecule has 1 fully saturated rings. The average Bonchev–Trinajstić information content (AvgIpc) is 2.65. The van der Waals surface area contributed by atoms with E-state index in [4.69, 9.17) is 0 Å². The Labute approximate surface area is 146 Å². The summed E-state index contributed by atoms with van der Waals surface area (Å²) < 4.78 is 14.5.